The normalized spacial score (nSPS) is 13.1. The third-order valence-corrected chi connectivity index (χ3v) is 2.75. The molecule has 1 heterocycles. The summed E-state index contributed by atoms with van der Waals surface area (Å²) in [5.74, 6) is 0. The lowest BCUT2D eigenvalue weighted by atomic mass is 10.2. The van der Waals surface area contributed by atoms with Crippen molar-refractivity contribution in [2.24, 2.45) is 0 Å². The van der Waals surface area contributed by atoms with Crippen LogP contribution in [0.4, 0.5) is 0 Å². The van der Waals surface area contributed by atoms with Crippen molar-refractivity contribution in [3.8, 4) is 0 Å². The highest BCUT2D eigenvalue weighted by Crippen LogP contribution is 2.07. The van der Waals surface area contributed by atoms with Gasteiger partial charge in [0.05, 0.1) is 0 Å². The van der Waals surface area contributed by atoms with Crippen molar-refractivity contribution < 1.29 is 0 Å². The van der Waals surface area contributed by atoms with E-state index in [1.807, 2.05) is 12.4 Å². The van der Waals surface area contributed by atoms with Crippen LogP contribution in [-0.4, -0.2) is 28.3 Å². The van der Waals surface area contributed by atoms with E-state index in [1.165, 1.54) is 17.5 Å². The number of hydrogen-bond donors (Lipinski definition) is 0. The molecule has 0 aliphatic rings. The number of halogens is 1. The molecule has 0 aliphatic carbocycles. The lowest BCUT2D eigenvalue weighted by Crippen LogP contribution is -2.20. The second-order valence-corrected chi connectivity index (χ2v) is 5.74. The molecule has 0 spiro atoms. The number of aryl methyl sites for hydroxylation is 1. The monoisotopic (exact) mass is 270 g/mol. The summed E-state index contributed by atoms with van der Waals surface area (Å²) in [5.41, 5.74) is 2.52. The summed E-state index contributed by atoms with van der Waals surface area (Å²) in [6.07, 6.45) is 5.01. The molecule has 1 atom stereocenters. The van der Waals surface area contributed by atoms with Gasteiger partial charge in [0.25, 0.3) is 0 Å². The van der Waals surface area contributed by atoms with E-state index < -0.39 is 0 Å². The molecule has 0 saturated heterocycles. The number of nitrogens with zero attached hydrogens (tertiary/aromatic N) is 2. The minimum Gasteiger partial charge on any atom is -0.302 e. The molecule has 3 heteroatoms. The van der Waals surface area contributed by atoms with Crippen LogP contribution < -0.4 is 0 Å². The first-order chi connectivity index (χ1) is 7.08. The molecular formula is C12H19BrN2. The second-order valence-electron chi connectivity index (χ2n) is 4.18. The lowest BCUT2D eigenvalue weighted by Gasteiger charge is -2.17. The van der Waals surface area contributed by atoms with Gasteiger partial charge in [-0.25, -0.2) is 0 Å². The summed E-state index contributed by atoms with van der Waals surface area (Å²) in [4.78, 5) is 7.12. The van der Waals surface area contributed by atoms with E-state index in [-0.39, 0.29) is 0 Å². The van der Waals surface area contributed by atoms with Gasteiger partial charge in [-0.3, -0.25) is 4.98 Å². The maximum atomic E-state index is 4.20. The lowest BCUT2D eigenvalue weighted by molar-refractivity contribution is 0.322. The summed E-state index contributed by atoms with van der Waals surface area (Å²) >= 11 is 3.56. The largest absolute Gasteiger partial charge is 0.302 e. The van der Waals surface area contributed by atoms with Crippen LogP contribution in [0.1, 0.15) is 24.5 Å². The SMILES string of the molecule is Cc1cncc(CN(C)CCC(C)Br)c1. The highest BCUT2D eigenvalue weighted by molar-refractivity contribution is 9.09. The van der Waals surface area contributed by atoms with Gasteiger partial charge in [-0.1, -0.05) is 28.9 Å². The Hall–Kier alpha value is -0.410. The topological polar surface area (TPSA) is 16.1 Å². The number of aromatic nitrogens is 1. The van der Waals surface area contributed by atoms with Crippen molar-refractivity contribution in [3.05, 3.63) is 29.6 Å². The van der Waals surface area contributed by atoms with Crippen LogP contribution in [0.5, 0.6) is 0 Å². The predicted octanol–water partition coefficient (Wildman–Crippen LogP) is 3.00. The van der Waals surface area contributed by atoms with E-state index in [0.29, 0.717) is 4.83 Å². The summed E-state index contributed by atoms with van der Waals surface area (Å²) < 4.78 is 0. The maximum Gasteiger partial charge on any atom is 0.0313 e. The maximum absolute atomic E-state index is 4.20. The molecular weight excluding hydrogens is 252 g/mol. The van der Waals surface area contributed by atoms with Crippen molar-refractivity contribution in [2.45, 2.75) is 31.6 Å². The second kappa shape index (κ2) is 6.23. The Kier molecular flexibility index (Phi) is 5.26. The summed E-state index contributed by atoms with van der Waals surface area (Å²) in [6.45, 7) is 6.36. The van der Waals surface area contributed by atoms with Crippen molar-refractivity contribution >= 4 is 15.9 Å². The van der Waals surface area contributed by atoms with Gasteiger partial charge < -0.3 is 4.90 Å². The van der Waals surface area contributed by atoms with Gasteiger partial charge in [-0.2, -0.15) is 0 Å². The molecule has 1 rings (SSSR count). The van der Waals surface area contributed by atoms with E-state index in [1.54, 1.807) is 0 Å². The molecule has 2 nitrogen and oxygen atoms in total. The molecule has 0 saturated carbocycles. The Balaban J connectivity index is 2.40. The molecule has 1 unspecified atom stereocenters. The first kappa shape index (κ1) is 12.7. The number of hydrogen-bond acceptors (Lipinski definition) is 2. The molecule has 15 heavy (non-hydrogen) atoms. The quantitative estimate of drug-likeness (QED) is 0.765. The predicted molar refractivity (Wildman–Crippen MR) is 68.3 cm³/mol. The van der Waals surface area contributed by atoms with Crippen LogP contribution in [0, 0.1) is 6.92 Å². The molecule has 0 amide bonds. The van der Waals surface area contributed by atoms with Gasteiger partial charge in [0.2, 0.25) is 0 Å². The summed E-state index contributed by atoms with van der Waals surface area (Å²) in [6, 6.07) is 2.20. The van der Waals surface area contributed by atoms with Crippen LogP contribution in [0.2, 0.25) is 0 Å². The molecule has 0 radical (unpaired) electrons. The third kappa shape index (κ3) is 5.28. The van der Waals surface area contributed by atoms with E-state index in [2.05, 4.69) is 52.8 Å². The molecule has 0 aromatic carbocycles. The van der Waals surface area contributed by atoms with Crippen LogP contribution in [0.25, 0.3) is 0 Å². The average molecular weight is 271 g/mol. The Bertz CT molecular complexity index is 299. The fourth-order valence-electron chi connectivity index (χ4n) is 1.49. The fraction of sp³-hybridized carbons (Fsp3) is 0.583. The van der Waals surface area contributed by atoms with E-state index in [9.17, 15) is 0 Å². The number of alkyl halides is 1. The standard InChI is InChI=1S/C12H19BrN2/c1-10-6-12(8-14-7-10)9-15(3)5-4-11(2)13/h6-8,11H,4-5,9H2,1-3H3. The number of pyridine rings is 1. The fourth-order valence-corrected chi connectivity index (χ4v) is 1.70. The Morgan fingerprint density at radius 3 is 2.80 bits per heavy atom. The van der Waals surface area contributed by atoms with Crippen molar-refractivity contribution in [2.75, 3.05) is 13.6 Å². The number of rotatable bonds is 5. The third-order valence-electron chi connectivity index (χ3n) is 2.29. The zero-order valence-electron chi connectivity index (χ0n) is 9.70. The minimum absolute atomic E-state index is 0.593. The molecule has 0 aliphatic heterocycles. The van der Waals surface area contributed by atoms with Crippen LogP contribution in [-0.2, 0) is 6.54 Å². The molecule has 0 fully saturated rings. The van der Waals surface area contributed by atoms with Gasteiger partial charge in [-0.15, -0.1) is 0 Å². The molecule has 0 N–H and O–H groups in total. The van der Waals surface area contributed by atoms with E-state index >= 15 is 0 Å². The van der Waals surface area contributed by atoms with Gasteiger partial charge in [0.15, 0.2) is 0 Å². The van der Waals surface area contributed by atoms with E-state index in [0.717, 1.165) is 13.1 Å². The molecule has 1 aromatic heterocycles. The summed E-state index contributed by atoms with van der Waals surface area (Å²) in [5, 5.41) is 0. The van der Waals surface area contributed by atoms with Crippen molar-refractivity contribution in [1.82, 2.24) is 9.88 Å². The Labute approximate surface area is 101 Å². The smallest absolute Gasteiger partial charge is 0.0313 e. The molecule has 1 aromatic rings. The molecule has 0 bridgehead atoms. The first-order valence-electron chi connectivity index (χ1n) is 5.31. The van der Waals surface area contributed by atoms with Crippen molar-refractivity contribution in [3.63, 3.8) is 0 Å². The van der Waals surface area contributed by atoms with Crippen molar-refractivity contribution in [1.29, 1.82) is 0 Å². The average Bonchev–Trinajstić information content (AvgIpc) is 2.15. The van der Waals surface area contributed by atoms with Crippen LogP contribution in [0.15, 0.2) is 18.5 Å². The van der Waals surface area contributed by atoms with Crippen LogP contribution >= 0.6 is 15.9 Å². The Morgan fingerprint density at radius 2 is 2.20 bits per heavy atom. The van der Waals surface area contributed by atoms with Crippen LogP contribution in [0.3, 0.4) is 0 Å². The van der Waals surface area contributed by atoms with Gasteiger partial charge in [0, 0.05) is 23.8 Å². The molecule has 84 valence electrons. The van der Waals surface area contributed by atoms with Gasteiger partial charge in [0.1, 0.15) is 0 Å². The highest BCUT2D eigenvalue weighted by Gasteiger charge is 2.02. The Morgan fingerprint density at radius 1 is 1.47 bits per heavy atom. The zero-order chi connectivity index (χ0) is 11.3. The summed E-state index contributed by atoms with van der Waals surface area (Å²) in [7, 11) is 2.15. The first-order valence-corrected chi connectivity index (χ1v) is 6.22. The highest BCUT2D eigenvalue weighted by atomic mass is 79.9. The van der Waals surface area contributed by atoms with E-state index in [4.69, 9.17) is 0 Å². The zero-order valence-corrected chi connectivity index (χ0v) is 11.3. The van der Waals surface area contributed by atoms with Gasteiger partial charge in [-0.05, 0) is 38.1 Å². The minimum atomic E-state index is 0.593. The van der Waals surface area contributed by atoms with Gasteiger partial charge >= 0.3 is 0 Å².